The Kier molecular flexibility index (Phi) is 3.57. The number of hydrogen-bond donors (Lipinski definition) is 2. The van der Waals surface area contributed by atoms with Crippen molar-refractivity contribution in [2.24, 2.45) is 0 Å². The molecule has 0 aliphatic rings. The molecule has 3 nitrogen and oxygen atoms in total. The van der Waals surface area contributed by atoms with Crippen LogP contribution in [-0.2, 0) is 0 Å². The van der Waals surface area contributed by atoms with Gasteiger partial charge in [-0.15, -0.1) is 0 Å². The molecule has 0 aliphatic carbocycles. The second-order valence-electron chi connectivity index (χ2n) is 3.02. The molecule has 0 spiro atoms. The molecule has 3 N–H and O–H groups in total. The summed E-state index contributed by atoms with van der Waals surface area (Å²) < 4.78 is 0. The van der Waals surface area contributed by atoms with Gasteiger partial charge in [-0.25, -0.2) is 4.98 Å². The number of pyridine rings is 1. The maximum atomic E-state index is 8.85. The van der Waals surface area contributed by atoms with Gasteiger partial charge in [0, 0.05) is 11.4 Å². The number of aliphatic hydroxyl groups is 1. The van der Waals surface area contributed by atoms with Crippen molar-refractivity contribution >= 4 is 17.4 Å². The number of hydrogen-bond acceptors (Lipinski definition) is 4. The van der Waals surface area contributed by atoms with E-state index in [2.05, 4.69) is 4.98 Å². The molecule has 0 amide bonds. The zero-order valence-corrected chi connectivity index (χ0v) is 8.64. The Morgan fingerprint density at radius 2 is 2.38 bits per heavy atom. The number of aryl methyl sites for hydroxylation is 1. The first-order valence-corrected chi connectivity index (χ1v) is 5.01. The van der Waals surface area contributed by atoms with E-state index in [1.54, 1.807) is 6.20 Å². The maximum Gasteiger partial charge on any atom is 0.119 e. The van der Waals surface area contributed by atoms with Crippen molar-refractivity contribution in [3.63, 3.8) is 0 Å². The molecule has 0 bridgehead atoms. The topological polar surface area (TPSA) is 59.1 Å². The molecule has 1 rings (SSSR count). The van der Waals surface area contributed by atoms with Crippen LogP contribution in [0.3, 0.4) is 0 Å². The molecule has 0 aliphatic heterocycles. The highest BCUT2D eigenvalue weighted by Gasteiger charge is 2.06. The standard InChI is InChI=1S/C9H14N2OS/c1-6-3-8(10)9(11-4-6)13-7(2)5-12/h3-4,7,12H,5,10H2,1-2H3. The van der Waals surface area contributed by atoms with E-state index in [4.69, 9.17) is 10.8 Å². The first-order valence-electron chi connectivity index (χ1n) is 4.13. The van der Waals surface area contributed by atoms with Crippen LogP contribution in [0.2, 0.25) is 0 Å². The highest BCUT2D eigenvalue weighted by atomic mass is 32.2. The molecule has 0 radical (unpaired) electrons. The largest absolute Gasteiger partial charge is 0.397 e. The lowest BCUT2D eigenvalue weighted by Gasteiger charge is -2.08. The molecule has 0 aromatic carbocycles. The highest BCUT2D eigenvalue weighted by molar-refractivity contribution is 8.00. The summed E-state index contributed by atoms with van der Waals surface area (Å²) in [6.07, 6.45) is 1.78. The minimum absolute atomic E-state index is 0.137. The Morgan fingerprint density at radius 1 is 1.69 bits per heavy atom. The van der Waals surface area contributed by atoms with Crippen LogP contribution in [0.1, 0.15) is 12.5 Å². The molecule has 1 unspecified atom stereocenters. The van der Waals surface area contributed by atoms with Crippen molar-refractivity contribution in [2.45, 2.75) is 24.1 Å². The minimum atomic E-state index is 0.137. The molecular weight excluding hydrogens is 184 g/mol. The normalized spacial score (nSPS) is 12.8. The van der Waals surface area contributed by atoms with Crippen molar-refractivity contribution in [1.82, 2.24) is 4.98 Å². The average Bonchev–Trinajstić information content (AvgIpc) is 2.09. The molecule has 13 heavy (non-hydrogen) atoms. The number of thioether (sulfide) groups is 1. The second-order valence-corrected chi connectivity index (χ2v) is 4.45. The molecule has 1 aromatic rings. The molecular formula is C9H14N2OS. The number of aromatic nitrogens is 1. The lowest BCUT2D eigenvalue weighted by Crippen LogP contribution is -2.04. The van der Waals surface area contributed by atoms with Crippen LogP contribution in [-0.4, -0.2) is 21.9 Å². The molecule has 0 saturated carbocycles. The maximum absolute atomic E-state index is 8.85. The summed E-state index contributed by atoms with van der Waals surface area (Å²) in [5, 5.41) is 9.79. The van der Waals surface area contributed by atoms with E-state index < -0.39 is 0 Å². The van der Waals surface area contributed by atoms with E-state index >= 15 is 0 Å². The third-order valence-corrected chi connectivity index (χ3v) is 2.70. The first-order chi connectivity index (χ1) is 6.13. The molecule has 4 heteroatoms. The van der Waals surface area contributed by atoms with Gasteiger partial charge in [-0.05, 0) is 18.6 Å². The monoisotopic (exact) mass is 198 g/mol. The van der Waals surface area contributed by atoms with E-state index in [0.717, 1.165) is 10.6 Å². The number of aliphatic hydroxyl groups excluding tert-OH is 1. The molecule has 0 saturated heterocycles. The summed E-state index contributed by atoms with van der Waals surface area (Å²) in [6.45, 7) is 4.03. The highest BCUT2D eigenvalue weighted by Crippen LogP contribution is 2.26. The Hall–Kier alpha value is -0.740. The van der Waals surface area contributed by atoms with E-state index in [1.807, 2.05) is 19.9 Å². The molecule has 1 aromatic heterocycles. The number of nitrogens with two attached hydrogens (primary N) is 1. The zero-order chi connectivity index (χ0) is 9.84. The fourth-order valence-corrected chi connectivity index (χ4v) is 1.67. The predicted molar refractivity (Wildman–Crippen MR) is 55.8 cm³/mol. The van der Waals surface area contributed by atoms with Crippen LogP contribution in [0.5, 0.6) is 0 Å². The summed E-state index contributed by atoms with van der Waals surface area (Å²) in [6, 6.07) is 1.89. The van der Waals surface area contributed by atoms with Gasteiger partial charge in [0.1, 0.15) is 5.03 Å². The van der Waals surface area contributed by atoms with Crippen molar-refractivity contribution in [2.75, 3.05) is 12.3 Å². The quantitative estimate of drug-likeness (QED) is 0.722. The van der Waals surface area contributed by atoms with Crippen LogP contribution >= 0.6 is 11.8 Å². The molecule has 1 atom stereocenters. The Morgan fingerprint density at radius 3 is 2.92 bits per heavy atom. The van der Waals surface area contributed by atoms with E-state index in [-0.39, 0.29) is 11.9 Å². The third-order valence-electron chi connectivity index (χ3n) is 1.59. The minimum Gasteiger partial charge on any atom is -0.397 e. The van der Waals surface area contributed by atoms with E-state index in [1.165, 1.54) is 11.8 Å². The van der Waals surface area contributed by atoms with Crippen LogP contribution in [0.25, 0.3) is 0 Å². The lowest BCUT2D eigenvalue weighted by atomic mass is 10.3. The fourth-order valence-electron chi connectivity index (χ4n) is 0.906. The average molecular weight is 198 g/mol. The summed E-state index contributed by atoms with van der Waals surface area (Å²) >= 11 is 1.49. The fraction of sp³-hybridized carbons (Fsp3) is 0.444. The number of nitrogen functional groups attached to an aromatic ring is 1. The van der Waals surface area contributed by atoms with Crippen molar-refractivity contribution in [1.29, 1.82) is 0 Å². The van der Waals surface area contributed by atoms with Crippen LogP contribution in [0.4, 0.5) is 5.69 Å². The van der Waals surface area contributed by atoms with Crippen molar-refractivity contribution in [3.05, 3.63) is 17.8 Å². The van der Waals surface area contributed by atoms with Gasteiger partial charge in [0.2, 0.25) is 0 Å². The van der Waals surface area contributed by atoms with Gasteiger partial charge in [-0.2, -0.15) is 0 Å². The Balaban J connectivity index is 2.77. The van der Waals surface area contributed by atoms with Crippen LogP contribution in [0.15, 0.2) is 17.3 Å². The van der Waals surface area contributed by atoms with E-state index in [0.29, 0.717) is 5.69 Å². The summed E-state index contributed by atoms with van der Waals surface area (Å²) in [5.41, 5.74) is 7.50. The van der Waals surface area contributed by atoms with Gasteiger partial charge >= 0.3 is 0 Å². The van der Waals surface area contributed by atoms with Crippen LogP contribution < -0.4 is 5.73 Å². The zero-order valence-electron chi connectivity index (χ0n) is 7.82. The lowest BCUT2D eigenvalue weighted by molar-refractivity contribution is 0.300. The van der Waals surface area contributed by atoms with Crippen molar-refractivity contribution in [3.8, 4) is 0 Å². The third kappa shape index (κ3) is 2.90. The number of anilines is 1. The van der Waals surface area contributed by atoms with Crippen molar-refractivity contribution < 1.29 is 5.11 Å². The van der Waals surface area contributed by atoms with Gasteiger partial charge in [0.15, 0.2) is 0 Å². The summed E-state index contributed by atoms with van der Waals surface area (Å²) in [7, 11) is 0. The SMILES string of the molecule is Cc1cnc(SC(C)CO)c(N)c1. The first kappa shape index (κ1) is 10.3. The number of nitrogens with zero attached hydrogens (tertiary/aromatic N) is 1. The van der Waals surface area contributed by atoms with Gasteiger partial charge in [0.25, 0.3) is 0 Å². The predicted octanol–water partition coefficient (Wildman–Crippen LogP) is 1.45. The Labute approximate surface area is 82.4 Å². The Bertz CT molecular complexity index is 291. The van der Waals surface area contributed by atoms with E-state index in [9.17, 15) is 0 Å². The molecule has 1 heterocycles. The van der Waals surface area contributed by atoms with Gasteiger partial charge in [-0.3, -0.25) is 0 Å². The second kappa shape index (κ2) is 4.48. The molecule has 0 fully saturated rings. The summed E-state index contributed by atoms with van der Waals surface area (Å²) in [5.74, 6) is 0. The van der Waals surface area contributed by atoms with Gasteiger partial charge in [0.05, 0.1) is 12.3 Å². The molecule has 72 valence electrons. The summed E-state index contributed by atoms with van der Waals surface area (Å²) in [4.78, 5) is 4.19. The van der Waals surface area contributed by atoms with Crippen LogP contribution in [0, 0.1) is 6.92 Å². The smallest absolute Gasteiger partial charge is 0.119 e. The van der Waals surface area contributed by atoms with Gasteiger partial charge < -0.3 is 10.8 Å². The van der Waals surface area contributed by atoms with Gasteiger partial charge in [-0.1, -0.05) is 18.7 Å². The number of rotatable bonds is 3.